The molecule has 134 valence electrons. The largest absolute Gasteiger partial charge is 0.497 e. The Labute approximate surface area is 149 Å². The van der Waals surface area contributed by atoms with Crippen molar-refractivity contribution in [2.75, 3.05) is 13.7 Å². The van der Waals surface area contributed by atoms with Gasteiger partial charge in [0.1, 0.15) is 29.6 Å². The number of hydrogen-bond acceptors (Lipinski definition) is 6. The zero-order chi connectivity index (χ0) is 18.4. The van der Waals surface area contributed by atoms with E-state index in [2.05, 4.69) is 5.16 Å². The molecular formula is C19H16FNO5. The molecule has 0 aliphatic heterocycles. The van der Waals surface area contributed by atoms with Crippen LogP contribution in [0.5, 0.6) is 11.5 Å². The summed E-state index contributed by atoms with van der Waals surface area (Å²) in [7, 11) is 1.54. The Bertz CT molecular complexity index is 893. The fraction of sp³-hybridized carbons (Fsp3) is 0.158. The summed E-state index contributed by atoms with van der Waals surface area (Å²) in [4.78, 5) is 11.8. The van der Waals surface area contributed by atoms with Crippen molar-refractivity contribution in [3.63, 3.8) is 0 Å². The van der Waals surface area contributed by atoms with Gasteiger partial charge < -0.3 is 18.7 Å². The third-order valence-electron chi connectivity index (χ3n) is 3.48. The Morgan fingerprint density at radius 2 is 1.92 bits per heavy atom. The fourth-order valence-corrected chi connectivity index (χ4v) is 2.20. The van der Waals surface area contributed by atoms with Crippen LogP contribution >= 0.6 is 0 Å². The minimum Gasteiger partial charge on any atom is -0.497 e. The fourth-order valence-electron chi connectivity index (χ4n) is 2.20. The third kappa shape index (κ3) is 4.38. The van der Waals surface area contributed by atoms with Crippen LogP contribution in [-0.2, 0) is 16.1 Å². The second-order valence-corrected chi connectivity index (χ2v) is 5.29. The topological polar surface area (TPSA) is 70.8 Å². The molecule has 0 N–H and O–H groups in total. The monoisotopic (exact) mass is 357 g/mol. The minimum atomic E-state index is -0.566. The number of methoxy groups -OCH3 is 1. The molecule has 0 fully saturated rings. The van der Waals surface area contributed by atoms with Crippen LogP contribution in [0.3, 0.4) is 0 Å². The predicted molar refractivity (Wildman–Crippen MR) is 90.2 cm³/mol. The number of carbonyl (C=O) groups is 1. The predicted octanol–water partition coefficient (Wildman–Crippen LogP) is 3.61. The van der Waals surface area contributed by atoms with Crippen LogP contribution < -0.4 is 9.47 Å². The van der Waals surface area contributed by atoms with Gasteiger partial charge >= 0.3 is 5.97 Å². The lowest BCUT2D eigenvalue weighted by molar-refractivity contribution is -0.147. The van der Waals surface area contributed by atoms with E-state index in [1.807, 2.05) is 0 Å². The summed E-state index contributed by atoms with van der Waals surface area (Å²) < 4.78 is 34.3. The van der Waals surface area contributed by atoms with E-state index >= 15 is 0 Å². The summed E-state index contributed by atoms with van der Waals surface area (Å²) in [6.07, 6.45) is 0. The van der Waals surface area contributed by atoms with Gasteiger partial charge in [-0.15, -0.1) is 0 Å². The molecule has 2 aromatic carbocycles. The van der Waals surface area contributed by atoms with Gasteiger partial charge in [0.25, 0.3) is 0 Å². The summed E-state index contributed by atoms with van der Waals surface area (Å²) in [5.41, 5.74) is 0.664. The average molecular weight is 357 g/mol. The molecule has 0 aliphatic rings. The van der Waals surface area contributed by atoms with Gasteiger partial charge in [-0.05, 0) is 24.3 Å². The normalized spacial score (nSPS) is 10.4. The van der Waals surface area contributed by atoms with Crippen molar-refractivity contribution < 1.29 is 27.9 Å². The van der Waals surface area contributed by atoms with E-state index in [4.69, 9.17) is 18.7 Å². The number of carbonyl (C=O) groups excluding carboxylic acids is 1. The molecule has 0 spiro atoms. The summed E-state index contributed by atoms with van der Waals surface area (Å²) in [6.45, 7) is -0.358. The Balaban J connectivity index is 1.51. The maximum absolute atomic E-state index is 13.7. The lowest BCUT2D eigenvalue weighted by Gasteiger charge is -2.07. The van der Waals surface area contributed by atoms with Gasteiger partial charge in [-0.3, -0.25) is 0 Å². The molecule has 7 heteroatoms. The number of halogens is 1. The van der Waals surface area contributed by atoms with Crippen molar-refractivity contribution in [3.8, 4) is 22.8 Å². The van der Waals surface area contributed by atoms with Gasteiger partial charge in [0.2, 0.25) is 0 Å². The Hall–Kier alpha value is -3.35. The molecule has 0 unspecified atom stereocenters. The van der Waals surface area contributed by atoms with Gasteiger partial charge in [-0.2, -0.15) is 0 Å². The number of benzene rings is 2. The molecule has 0 amide bonds. The zero-order valence-electron chi connectivity index (χ0n) is 14.0. The molecule has 0 atom stereocenters. The summed E-state index contributed by atoms with van der Waals surface area (Å²) in [5, 5.41) is 3.77. The third-order valence-corrected chi connectivity index (χ3v) is 3.48. The molecule has 26 heavy (non-hydrogen) atoms. The number of nitrogens with zero attached hydrogens (tertiary/aromatic N) is 1. The van der Waals surface area contributed by atoms with Crippen molar-refractivity contribution >= 4 is 5.97 Å². The Morgan fingerprint density at radius 3 is 2.73 bits per heavy atom. The molecule has 0 bridgehead atoms. The number of ether oxygens (including phenoxy) is 3. The van der Waals surface area contributed by atoms with E-state index in [1.54, 1.807) is 49.6 Å². The highest BCUT2D eigenvalue weighted by molar-refractivity contribution is 5.71. The second kappa shape index (κ2) is 8.15. The molecule has 1 heterocycles. The molecular weight excluding hydrogens is 341 g/mol. The van der Waals surface area contributed by atoms with Gasteiger partial charge in [0.15, 0.2) is 12.4 Å². The van der Waals surface area contributed by atoms with Crippen LogP contribution in [0, 0.1) is 5.82 Å². The molecule has 3 rings (SSSR count). The minimum absolute atomic E-state index is 0.0990. The molecule has 1 aromatic heterocycles. The molecule has 6 nitrogen and oxygen atoms in total. The van der Waals surface area contributed by atoms with Crippen LogP contribution in [0.2, 0.25) is 0 Å². The number of esters is 1. The summed E-state index contributed by atoms with van der Waals surface area (Å²) in [6, 6.07) is 14.6. The van der Waals surface area contributed by atoms with Crippen LogP contribution in [0.4, 0.5) is 4.39 Å². The molecule has 0 radical (unpaired) electrons. The molecule has 0 saturated carbocycles. The first-order chi connectivity index (χ1) is 12.7. The number of hydrogen-bond donors (Lipinski definition) is 0. The van der Waals surface area contributed by atoms with Crippen molar-refractivity contribution in [2.45, 2.75) is 6.61 Å². The smallest absolute Gasteiger partial charge is 0.344 e. The summed E-state index contributed by atoms with van der Waals surface area (Å²) in [5.74, 6) is 0.396. The molecule has 0 aliphatic carbocycles. The Morgan fingerprint density at radius 1 is 1.12 bits per heavy atom. The van der Waals surface area contributed by atoms with E-state index in [-0.39, 0.29) is 19.0 Å². The first kappa shape index (κ1) is 17.5. The van der Waals surface area contributed by atoms with E-state index in [0.29, 0.717) is 22.8 Å². The van der Waals surface area contributed by atoms with Crippen LogP contribution in [0.1, 0.15) is 5.69 Å². The van der Waals surface area contributed by atoms with Crippen LogP contribution in [0.25, 0.3) is 11.3 Å². The maximum atomic E-state index is 13.7. The van der Waals surface area contributed by atoms with Gasteiger partial charge in [-0.25, -0.2) is 9.18 Å². The van der Waals surface area contributed by atoms with Crippen molar-refractivity contribution in [1.82, 2.24) is 5.16 Å². The lowest BCUT2D eigenvalue weighted by Crippen LogP contribution is -2.14. The molecule has 3 aromatic rings. The molecule has 0 saturated heterocycles. The summed E-state index contributed by atoms with van der Waals surface area (Å²) >= 11 is 0. The van der Waals surface area contributed by atoms with Crippen LogP contribution in [0.15, 0.2) is 59.1 Å². The van der Waals surface area contributed by atoms with Gasteiger partial charge in [0, 0.05) is 12.1 Å². The SMILES string of the molecule is COc1cccc(OCC(=O)OCc2cc(-c3ccccc3F)on2)c1. The number of aromatic nitrogens is 1. The standard InChI is InChI=1S/C19H16FNO5/c1-23-14-5-4-6-15(10-14)24-12-19(22)25-11-13-9-18(26-21-13)16-7-2-3-8-17(16)20/h2-10H,11-12H2,1H3. The first-order valence-corrected chi connectivity index (χ1v) is 7.78. The van der Waals surface area contributed by atoms with Crippen molar-refractivity contribution in [2.24, 2.45) is 0 Å². The van der Waals surface area contributed by atoms with Crippen molar-refractivity contribution in [1.29, 1.82) is 0 Å². The van der Waals surface area contributed by atoms with Gasteiger partial charge in [0.05, 0.1) is 12.7 Å². The quantitative estimate of drug-likeness (QED) is 0.602. The highest BCUT2D eigenvalue weighted by Gasteiger charge is 2.12. The van der Waals surface area contributed by atoms with E-state index < -0.39 is 11.8 Å². The highest BCUT2D eigenvalue weighted by atomic mass is 19.1. The van der Waals surface area contributed by atoms with E-state index in [0.717, 1.165) is 0 Å². The second-order valence-electron chi connectivity index (χ2n) is 5.29. The van der Waals surface area contributed by atoms with E-state index in [1.165, 1.54) is 12.1 Å². The van der Waals surface area contributed by atoms with E-state index in [9.17, 15) is 9.18 Å². The highest BCUT2D eigenvalue weighted by Crippen LogP contribution is 2.23. The Kier molecular flexibility index (Phi) is 5.48. The van der Waals surface area contributed by atoms with Gasteiger partial charge in [-0.1, -0.05) is 23.4 Å². The van der Waals surface area contributed by atoms with Crippen LogP contribution in [-0.4, -0.2) is 24.8 Å². The number of rotatable bonds is 7. The average Bonchev–Trinajstić information content (AvgIpc) is 3.14. The lowest BCUT2D eigenvalue weighted by atomic mass is 10.1. The maximum Gasteiger partial charge on any atom is 0.344 e. The zero-order valence-corrected chi connectivity index (χ0v) is 14.0. The van der Waals surface area contributed by atoms with Crippen molar-refractivity contribution in [3.05, 3.63) is 66.1 Å². The first-order valence-electron chi connectivity index (χ1n) is 7.78.